The van der Waals surface area contributed by atoms with Crippen LogP contribution in [-0.4, -0.2) is 15.6 Å². The standard InChI is InChI=1S/C12H21N3/c1-3-15-7-6-14-12(15)8-11(13)9(2)10-4-5-10/h6-7,9-11H,3-5,8,13H2,1-2H3. The van der Waals surface area contributed by atoms with Gasteiger partial charge in [-0.3, -0.25) is 0 Å². The van der Waals surface area contributed by atoms with Crippen LogP contribution >= 0.6 is 0 Å². The molecule has 0 aromatic carbocycles. The first-order valence-corrected chi connectivity index (χ1v) is 5.98. The first-order chi connectivity index (χ1) is 7.22. The molecule has 84 valence electrons. The summed E-state index contributed by atoms with van der Waals surface area (Å²) >= 11 is 0. The van der Waals surface area contributed by atoms with E-state index in [4.69, 9.17) is 5.73 Å². The van der Waals surface area contributed by atoms with Gasteiger partial charge in [-0.25, -0.2) is 4.98 Å². The number of nitrogens with zero attached hydrogens (tertiary/aromatic N) is 2. The Labute approximate surface area is 91.7 Å². The highest BCUT2D eigenvalue weighted by molar-refractivity contribution is 4.97. The van der Waals surface area contributed by atoms with Gasteiger partial charge in [0.05, 0.1) is 0 Å². The van der Waals surface area contributed by atoms with Crippen LogP contribution in [0.4, 0.5) is 0 Å². The van der Waals surface area contributed by atoms with Crippen molar-refractivity contribution in [1.82, 2.24) is 9.55 Å². The summed E-state index contributed by atoms with van der Waals surface area (Å²) in [4.78, 5) is 4.37. The molecule has 1 aliphatic carbocycles. The molecule has 1 aromatic rings. The molecule has 0 saturated heterocycles. The van der Waals surface area contributed by atoms with E-state index in [0.717, 1.165) is 24.7 Å². The third-order valence-electron chi connectivity index (χ3n) is 3.60. The Kier molecular flexibility index (Phi) is 3.10. The second-order valence-electron chi connectivity index (χ2n) is 4.69. The maximum atomic E-state index is 6.22. The van der Waals surface area contributed by atoms with Crippen molar-refractivity contribution in [2.24, 2.45) is 17.6 Å². The van der Waals surface area contributed by atoms with Crippen molar-refractivity contribution >= 4 is 0 Å². The van der Waals surface area contributed by atoms with E-state index >= 15 is 0 Å². The van der Waals surface area contributed by atoms with Gasteiger partial charge in [0.1, 0.15) is 5.82 Å². The van der Waals surface area contributed by atoms with Crippen molar-refractivity contribution in [3.8, 4) is 0 Å². The molecule has 1 aliphatic rings. The summed E-state index contributed by atoms with van der Waals surface area (Å²) in [6.45, 7) is 5.41. The lowest BCUT2D eigenvalue weighted by molar-refractivity contribution is 0.395. The van der Waals surface area contributed by atoms with Crippen LogP contribution in [0.1, 0.15) is 32.5 Å². The molecule has 3 heteroatoms. The van der Waals surface area contributed by atoms with Crippen LogP contribution < -0.4 is 5.73 Å². The van der Waals surface area contributed by atoms with Crippen LogP contribution in [0.3, 0.4) is 0 Å². The molecule has 2 atom stereocenters. The maximum absolute atomic E-state index is 6.22. The van der Waals surface area contributed by atoms with Crippen molar-refractivity contribution in [3.05, 3.63) is 18.2 Å². The van der Waals surface area contributed by atoms with E-state index in [-0.39, 0.29) is 6.04 Å². The van der Waals surface area contributed by atoms with E-state index in [9.17, 15) is 0 Å². The number of hydrogen-bond donors (Lipinski definition) is 1. The van der Waals surface area contributed by atoms with E-state index in [1.165, 1.54) is 12.8 Å². The summed E-state index contributed by atoms with van der Waals surface area (Å²) in [7, 11) is 0. The molecule has 2 N–H and O–H groups in total. The minimum absolute atomic E-state index is 0.269. The van der Waals surface area contributed by atoms with Gasteiger partial charge in [-0.2, -0.15) is 0 Å². The molecule has 15 heavy (non-hydrogen) atoms. The van der Waals surface area contributed by atoms with Crippen LogP contribution in [0.2, 0.25) is 0 Å². The minimum Gasteiger partial charge on any atom is -0.335 e. The predicted octanol–water partition coefficient (Wildman–Crippen LogP) is 1.82. The van der Waals surface area contributed by atoms with Gasteiger partial charge < -0.3 is 10.3 Å². The Hall–Kier alpha value is -0.830. The summed E-state index contributed by atoms with van der Waals surface area (Å²) in [6.07, 6.45) is 7.56. The molecule has 1 heterocycles. The number of aryl methyl sites for hydroxylation is 1. The average molecular weight is 207 g/mol. The molecule has 0 radical (unpaired) electrons. The first-order valence-electron chi connectivity index (χ1n) is 5.98. The Morgan fingerprint density at radius 3 is 2.93 bits per heavy atom. The van der Waals surface area contributed by atoms with Crippen LogP contribution in [0.25, 0.3) is 0 Å². The van der Waals surface area contributed by atoms with Crippen LogP contribution in [0.5, 0.6) is 0 Å². The number of imidazole rings is 1. The quantitative estimate of drug-likeness (QED) is 0.800. The van der Waals surface area contributed by atoms with E-state index in [0.29, 0.717) is 5.92 Å². The van der Waals surface area contributed by atoms with Gasteiger partial charge in [-0.1, -0.05) is 6.92 Å². The highest BCUT2D eigenvalue weighted by Gasteiger charge is 2.32. The topological polar surface area (TPSA) is 43.8 Å². The van der Waals surface area contributed by atoms with Gasteiger partial charge in [0.15, 0.2) is 0 Å². The summed E-state index contributed by atoms with van der Waals surface area (Å²) in [6, 6.07) is 0.269. The molecule has 2 rings (SSSR count). The Balaban J connectivity index is 1.95. The van der Waals surface area contributed by atoms with Gasteiger partial charge in [0.2, 0.25) is 0 Å². The Morgan fingerprint density at radius 1 is 1.60 bits per heavy atom. The lowest BCUT2D eigenvalue weighted by Gasteiger charge is -2.19. The predicted molar refractivity (Wildman–Crippen MR) is 61.5 cm³/mol. The van der Waals surface area contributed by atoms with Crippen LogP contribution in [0, 0.1) is 11.8 Å². The van der Waals surface area contributed by atoms with E-state index < -0.39 is 0 Å². The van der Waals surface area contributed by atoms with Crippen molar-refractivity contribution in [1.29, 1.82) is 0 Å². The monoisotopic (exact) mass is 207 g/mol. The third kappa shape index (κ3) is 2.40. The molecular weight excluding hydrogens is 186 g/mol. The number of rotatable bonds is 5. The molecular formula is C12H21N3. The zero-order chi connectivity index (χ0) is 10.8. The number of hydrogen-bond acceptors (Lipinski definition) is 2. The fraction of sp³-hybridized carbons (Fsp3) is 0.750. The van der Waals surface area contributed by atoms with Crippen molar-refractivity contribution in [3.63, 3.8) is 0 Å². The minimum atomic E-state index is 0.269. The fourth-order valence-electron chi connectivity index (χ4n) is 2.19. The van der Waals surface area contributed by atoms with Gasteiger partial charge in [-0.15, -0.1) is 0 Å². The van der Waals surface area contributed by atoms with Crippen LogP contribution in [0.15, 0.2) is 12.4 Å². The molecule has 1 fully saturated rings. The van der Waals surface area contributed by atoms with E-state index in [1.807, 2.05) is 12.4 Å². The van der Waals surface area contributed by atoms with Gasteiger partial charge >= 0.3 is 0 Å². The third-order valence-corrected chi connectivity index (χ3v) is 3.60. The molecule has 0 aliphatic heterocycles. The highest BCUT2D eigenvalue weighted by atomic mass is 15.1. The molecule has 2 unspecified atom stereocenters. The summed E-state index contributed by atoms with van der Waals surface area (Å²) in [5.41, 5.74) is 6.22. The average Bonchev–Trinajstić information content (AvgIpc) is 2.99. The Morgan fingerprint density at radius 2 is 2.33 bits per heavy atom. The van der Waals surface area contributed by atoms with Crippen LogP contribution in [-0.2, 0) is 13.0 Å². The second kappa shape index (κ2) is 4.35. The largest absolute Gasteiger partial charge is 0.335 e. The Bertz CT molecular complexity index is 314. The highest BCUT2D eigenvalue weighted by Crippen LogP contribution is 2.38. The summed E-state index contributed by atoms with van der Waals surface area (Å²) in [5.74, 6) is 2.66. The fourth-order valence-corrected chi connectivity index (χ4v) is 2.19. The molecule has 0 bridgehead atoms. The van der Waals surface area contributed by atoms with E-state index in [1.54, 1.807) is 0 Å². The lowest BCUT2D eigenvalue weighted by atomic mass is 9.95. The number of aromatic nitrogens is 2. The second-order valence-corrected chi connectivity index (χ2v) is 4.69. The summed E-state index contributed by atoms with van der Waals surface area (Å²) in [5, 5.41) is 0. The van der Waals surface area contributed by atoms with Gasteiger partial charge in [-0.05, 0) is 31.6 Å². The van der Waals surface area contributed by atoms with Crippen molar-refractivity contribution in [2.45, 2.75) is 45.7 Å². The normalized spacial score (nSPS) is 20.2. The number of nitrogens with two attached hydrogens (primary N) is 1. The first kappa shape index (κ1) is 10.7. The zero-order valence-corrected chi connectivity index (χ0v) is 9.69. The van der Waals surface area contributed by atoms with Gasteiger partial charge in [0, 0.05) is 31.4 Å². The van der Waals surface area contributed by atoms with E-state index in [2.05, 4.69) is 23.4 Å². The van der Waals surface area contributed by atoms with Gasteiger partial charge in [0.25, 0.3) is 0 Å². The summed E-state index contributed by atoms with van der Waals surface area (Å²) < 4.78 is 2.18. The smallest absolute Gasteiger partial charge is 0.110 e. The molecule has 1 aromatic heterocycles. The lowest BCUT2D eigenvalue weighted by Crippen LogP contribution is -2.32. The molecule has 1 saturated carbocycles. The maximum Gasteiger partial charge on any atom is 0.110 e. The zero-order valence-electron chi connectivity index (χ0n) is 9.69. The van der Waals surface area contributed by atoms with Crippen molar-refractivity contribution in [2.75, 3.05) is 0 Å². The SMILES string of the molecule is CCn1ccnc1CC(N)C(C)C1CC1. The molecule has 0 amide bonds. The molecule has 3 nitrogen and oxygen atoms in total. The molecule has 0 spiro atoms. The van der Waals surface area contributed by atoms with Crippen molar-refractivity contribution < 1.29 is 0 Å².